The molecule has 0 saturated carbocycles. The van der Waals surface area contributed by atoms with Gasteiger partial charge >= 0.3 is 5.97 Å². The minimum atomic E-state index is -0.754. The number of Topliss-reactive ketones (excluding diaryl/α,β-unsaturated/α-hetero) is 1. The highest BCUT2D eigenvalue weighted by Crippen LogP contribution is 2.15. The van der Waals surface area contributed by atoms with Crippen LogP contribution in [0.1, 0.15) is 27.8 Å². The van der Waals surface area contributed by atoms with Crippen LogP contribution in [0, 0.1) is 0 Å². The van der Waals surface area contributed by atoms with E-state index in [1.54, 1.807) is 55.5 Å². The van der Waals surface area contributed by atoms with Crippen molar-refractivity contribution in [3.05, 3.63) is 70.1 Å². The van der Waals surface area contributed by atoms with Gasteiger partial charge in [0.1, 0.15) is 5.75 Å². The van der Waals surface area contributed by atoms with Crippen LogP contribution < -0.4 is 10.3 Å². The lowest BCUT2D eigenvalue weighted by molar-refractivity contribution is 0.0468. The lowest BCUT2D eigenvalue weighted by atomic mass is 10.1. The molecule has 2 aromatic carbocycles. The smallest absolute Gasteiger partial charge is 0.359 e. The van der Waals surface area contributed by atoms with Gasteiger partial charge in [0, 0.05) is 17.5 Å². The fourth-order valence-electron chi connectivity index (χ4n) is 2.66. The van der Waals surface area contributed by atoms with Crippen LogP contribution in [0.3, 0.4) is 0 Å². The highest BCUT2D eigenvalue weighted by molar-refractivity contribution is 6.04. The van der Waals surface area contributed by atoms with Crippen molar-refractivity contribution in [2.75, 3.05) is 13.7 Å². The molecule has 1 heterocycles. The summed E-state index contributed by atoms with van der Waals surface area (Å²) in [7, 11) is 1.53. The van der Waals surface area contributed by atoms with E-state index >= 15 is 0 Å². The maximum absolute atomic E-state index is 12.5. The van der Waals surface area contributed by atoms with E-state index in [4.69, 9.17) is 9.47 Å². The number of benzene rings is 2. The number of nitrogens with zero attached hydrogens (tertiary/aromatic N) is 2. The number of methoxy groups -OCH3 is 1. The molecule has 7 heteroatoms. The first kappa shape index (κ1) is 18.3. The number of ketones is 1. The summed E-state index contributed by atoms with van der Waals surface area (Å²) in [4.78, 5) is 37.1. The molecule has 1 aromatic heterocycles. The summed E-state index contributed by atoms with van der Waals surface area (Å²) in [5, 5.41) is 4.87. The second-order valence-corrected chi connectivity index (χ2v) is 5.74. The predicted octanol–water partition coefficient (Wildman–Crippen LogP) is 2.46. The van der Waals surface area contributed by atoms with E-state index in [2.05, 4.69) is 5.10 Å². The van der Waals surface area contributed by atoms with Gasteiger partial charge in [0.2, 0.25) is 0 Å². The minimum absolute atomic E-state index is 0.00887. The van der Waals surface area contributed by atoms with Gasteiger partial charge in [-0.2, -0.15) is 5.10 Å². The summed E-state index contributed by atoms with van der Waals surface area (Å²) >= 11 is 0. The monoisotopic (exact) mass is 366 g/mol. The number of aromatic nitrogens is 2. The predicted molar refractivity (Wildman–Crippen MR) is 99.3 cm³/mol. The van der Waals surface area contributed by atoms with Crippen LogP contribution >= 0.6 is 0 Å². The summed E-state index contributed by atoms with van der Waals surface area (Å²) in [5.41, 5.74) is 0.133. The second-order valence-electron chi connectivity index (χ2n) is 5.74. The van der Waals surface area contributed by atoms with Gasteiger partial charge in [0.25, 0.3) is 5.56 Å². The molecule has 0 radical (unpaired) electrons. The largest absolute Gasteiger partial charge is 0.497 e. The molecule has 27 heavy (non-hydrogen) atoms. The van der Waals surface area contributed by atoms with Gasteiger partial charge in [-0.25, -0.2) is 9.48 Å². The van der Waals surface area contributed by atoms with Gasteiger partial charge in [0.05, 0.1) is 12.5 Å². The fraction of sp³-hybridized carbons (Fsp3) is 0.200. The van der Waals surface area contributed by atoms with E-state index in [1.165, 1.54) is 11.8 Å². The van der Waals surface area contributed by atoms with Gasteiger partial charge in [0.15, 0.2) is 18.1 Å². The number of carbonyl (C=O) groups is 2. The molecule has 0 aliphatic heterocycles. The quantitative estimate of drug-likeness (QED) is 0.492. The molecule has 0 unspecified atom stereocenters. The molecule has 3 rings (SSSR count). The number of ether oxygens (including phenoxy) is 2. The highest BCUT2D eigenvalue weighted by Gasteiger charge is 2.19. The maximum atomic E-state index is 12.5. The van der Waals surface area contributed by atoms with Crippen molar-refractivity contribution < 1.29 is 19.1 Å². The Bertz CT molecular complexity index is 1050. The molecule has 0 spiro atoms. The summed E-state index contributed by atoms with van der Waals surface area (Å²) in [5.74, 6) is -0.476. The first-order valence-corrected chi connectivity index (χ1v) is 8.39. The zero-order valence-electron chi connectivity index (χ0n) is 15.0. The van der Waals surface area contributed by atoms with E-state index in [9.17, 15) is 14.4 Å². The zero-order valence-corrected chi connectivity index (χ0v) is 15.0. The van der Waals surface area contributed by atoms with E-state index in [0.29, 0.717) is 28.6 Å². The van der Waals surface area contributed by atoms with Gasteiger partial charge < -0.3 is 9.47 Å². The molecule has 0 amide bonds. The van der Waals surface area contributed by atoms with Crippen LogP contribution in [-0.2, 0) is 11.3 Å². The Morgan fingerprint density at radius 3 is 2.33 bits per heavy atom. The molecule has 3 aromatic rings. The Morgan fingerprint density at radius 1 is 1.04 bits per heavy atom. The average Bonchev–Trinajstić information content (AvgIpc) is 2.72. The Morgan fingerprint density at radius 2 is 1.70 bits per heavy atom. The molecule has 0 bridgehead atoms. The van der Waals surface area contributed by atoms with Crippen molar-refractivity contribution in [3.8, 4) is 5.75 Å². The lowest BCUT2D eigenvalue weighted by Gasteiger charge is -2.09. The molecule has 0 fully saturated rings. The first-order chi connectivity index (χ1) is 13.0. The van der Waals surface area contributed by atoms with E-state index in [0.717, 1.165) is 0 Å². The average molecular weight is 366 g/mol. The molecule has 0 saturated heterocycles. The molecular weight excluding hydrogens is 348 g/mol. The van der Waals surface area contributed by atoms with Crippen molar-refractivity contribution in [2.24, 2.45) is 0 Å². The summed E-state index contributed by atoms with van der Waals surface area (Å²) in [6, 6.07) is 13.2. The SMILES string of the molecule is CCn1nc(C(=O)OCC(=O)c2ccc(OC)cc2)c2ccccc2c1=O. The molecule has 0 N–H and O–H groups in total. The van der Waals surface area contributed by atoms with E-state index in [-0.39, 0.29) is 17.0 Å². The first-order valence-electron chi connectivity index (χ1n) is 8.39. The van der Waals surface area contributed by atoms with Crippen molar-refractivity contribution in [1.29, 1.82) is 0 Å². The number of esters is 1. The molecular formula is C20H18N2O5. The van der Waals surface area contributed by atoms with Gasteiger partial charge in [-0.1, -0.05) is 18.2 Å². The Balaban J connectivity index is 1.83. The summed E-state index contributed by atoms with van der Waals surface area (Å²) in [6.45, 7) is 1.65. The van der Waals surface area contributed by atoms with Crippen LogP contribution in [0.4, 0.5) is 0 Å². The summed E-state index contributed by atoms with van der Waals surface area (Å²) < 4.78 is 11.4. The van der Waals surface area contributed by atoms with Crippen LogP contribution in [-0.4, -0.2) is 35.2 Å². The van der Waals surface area contributed by atoms with Crippen molar-refractivity contribution in [1.82, 2.24) is 9.78 Å². The number of aryl methyl sites for hydroxylation is 1. The normalized spacial score (nSPS) is 10.6. The molecule has 0 aliphatic rings. The number of rotatable bonds is 6. The highest BCUT2D eigenvalue weighted by atomic mass is 16.5. The van der Waals surface area contributed by atoms with Crippen LogP contribution in [0.15, 0.2) is 53.3 Å². The standard InChI is InChI=1S/C20H18N2O5/c1-3-22-19(24)16-7-5-4-6-15(16)18(21-22)20(25)27-12-17(23)13-8-10-14(26-2)11-9-13/h4-11H,3,12H2,1-2H3. The lowest BCUT2D eigenvalue weighted by Crippen LogP contribution is -2.26. The molecule has 0 atom stereocenters. The van der Waals surface area contributed by atoms with Crippen LogP contribution in [0.2, 0.25) is 0 Å². The number of hydrogen-bond acceptors (Lipinski definition) is 6. The topological polar surface area (TPSA) is 87.5 Å². The molecule has 138 valence electrons. The number of carbonyl (C=O) groups excluding carboxylic acids is 2. The Kier molecular flexibility index (Phi) is 5.30. The molecule has 7 nitrogen and oxygen atoms in total. The van der Waals surface area contributed by atoms with Crippen LogP contribution in [0.25, 0.3) is 10.8 Å². The van der Waals surface area contributed by atoms with Crippen LogP contribution in [0.5, 0.6) is 5.75 Å². The summed E-state index contributed by atoms with van der Waals surface area (Å²) in [6.07, 6.45) is 0. The van der Waals surface area contributed by atoms with Crippen molar-refractivity contribution >= 4 is 22.5 Å². The van der Waals surface area contributed by atoms with Gasteiger partial charge in [-0.05, 0) is 37.3 Å². The van der Waals surface area contributed by atoms with E-state index < -0.39 is 12.6 Å². The zero-order chi connectivity index (χ0) is 19.4. The number of hydrogen-bond donors (Lipinski definition) is 0. The third-order valence-electron chi connectivity index (χ3n) is 4.11. The van der Waals surface area contributed by atoms with Gasteiger partial charge in [-0.3, -0.25) is 9.59 Å². The maximum Gasteiger partial charge on any atom is 0.359 e. The Hall–Kier alpha value is -3.48. The second kappa shape index (κ2) is 7.82. The van der Waals surface area contributed by atoms with E-state index in [1.807, 2.05) is 0 Å². The minimum Gasteiger partial charge on any atom is -0.497 e. The Labute approximate surface area is 155 Å². The van der Waals surface area contributed by atoms with Crippen molar-refractivity contribution in [3.63, 3.8) is 0 Å². The fourth-order valence-corrected chi connectivity index (χ4v) is 2.66. The van der Waals surface area contributed by atoms with Gasteiger partial charge in [-0.15, -0.1) is 0 Å². The molecule has 0 aliphatic carbocycles. The van der Waals surface area contributed by atoms with Crippen molar-refractivity contribution in [2.45, 2.75) is 13.5 Å². The third kappa shape index (κ3) is 3.72. The number of fused-ring (bicyclic) bond motifs is 1. The third-order valence-corrected chi connectivity index (χ3v) is 4.11.